The molecule has 0 saturated carbocycles. The number of hydrogen-bond acceptors (Lipinski definition) is 3. The Labute approximate surface area is 176 Å². The Kier molecular flexibility index (Phi) is 5.44. The summed E-state index contributed by atoms with van der Waals surface area (Å²) in [7, 11) is 0. The molecule has 1 aliphatic rings. The molecule has 5 nitrogen and oxygen atoms in total. The first-order chi connectivity index (χ1) is 14.5. The number of carbonyl (C=O) groups excluding carboxylic acids is 2. The third kappa shape index (κ3) is 3.75. The van der Waals surface area contributed by atoms with E-state index >= 15 is 0 Å². The topological polar surface area (TPSA) is 69.6 Å². The molecule has 5 heteroatoms. The molecule has 3 aromatic carbocycles. The fourth-order valence-corrected chi connectivity index (χ4v) is 4.21. The highest BCUT2D eigenvalue weighted by Gasteiger charge is 2.35. The van der Waals surface area contributed by atoms with E-state index in [2.05, 4.69) is 11.4 Å². The number of benzene rings is 3. The van der Waals surface area contributed by atoms with E-state index in [9.17, 15) is 14.7 Å². The number of likely N-dealkylation sites (tertiary alicyclic amines) is 1. The summed E-state index contributed by atoms with van der Waals surface area (Å²) in [5.41, 5.74) is 3.63. The maximum atomic E-state index is 13.2. The Balaban J connectivity index is 1.51. The molecule has 1 heterocycles. The molecule has 30 heavy (non-hydrogen) atoms. The van der Waals surface area contributed by atoms with Crippen molar-refractivity contribution in [3.63, 3.8) is 0 Å². The number of hydrogen-bond donors (Lipinski definition) is 2. The Morgan fingerprint density at radius 3 is 2.70 bits per heavy atom. The fourth-order valence-electron chi connectivity index (χ4n) is 4.21. The molecule has 0 aliphatic carbocycles. The minimum absolute atomic E-state index is 0.0283. The summed E-state index contributed by atoms with van der Waals surface area (Å²) in [4.78, 5) is 27.6. The van der Waals surface area contributed by atoms with E-state index in [-0.39, 0.29) is 23.1 Å². The molecular weight excluding hydrogens is 376 g/mol. The lowest BCUT2D eigenvalue weighted by molar-refractivity contribution is -0.125. The van der Waals surface area contributed by atoms with Gasteiger partial charge in [-0.25, -0.2) is 0 Å². The van der Waals surface area contributed by atoms with Gasteiger partial charge in [0, 0.05) is 18.5 Å². The third-order valence-electron chi connectivity index (χ3n) is 5.90. The van der Waals surface area contributed by atoms with Crippen molar-refractivity contribution in [2.24, 2.45) is 0 Å². The van der Waals surface area contributed by atoms with Crippen LogP contribution in [0.25, 0.3) is 10.8 Å². The van der Waals surface area contributed by atoms with Gasteiger partial charge in [0.05, 0.1) is 5.56 Å². The molecule has 154 valence electrons. The second-order valence-electron chi connectivity index (χ2n) is 7.99. The summed E-state index contributed by atoms with van der Waals surface area (Å²) in [5.74, 6) is -0.483. The number of fused-ring (bicyclic) bond motifs is 1. The van der Waals surface area contributed by atoms with E-state index in [0.29, 0.717) is 24.9 Å². The number of carbonyl (C=O) groups is 2. The van der Waals surface area contributed by atoms with Gasteiger partial charge in [-0.05, 0) is 49.3 Å². The van der Waals surface area contributed by atoms with Crippen LogP contribution in [0, 0.1) is 13.8 Å². The van der Waals surface area contributed by atoms with Crippen molar-refractivity contribution >= 4 is 22.6 Å². The number of aryl methyl sites for hydroxylation is 2. The smallest absolute Gasteiger partial charge is 0.258 e. The molecule has 1 fully saturated rings. The molecule has 3 aromatic rings. The van der Waals surface area contributed by atoms with Gasteiger partial charge in [0.15, 0.2) is 0 Å². The van der Waals surface area contributed by atoms with Crippen LogP contribution in [0.4, 0.5) is 0 Å². The lowest BCUT2D eigenvalue weighted by Gasteiger charge is -2.25. The normalized spacial score (nSPS) is 16.1. The Hall–Kier alpha value is -3.34. The minimum Gasteiger partial charge on any atom is -0.506 e. The van der Waals surface area contributed by atoms with Crippen LogP contribution in [0.15, 0.2) is 54.6 Å². The summed E-state index contributed by atoms with van der Waals surface area (Å²) in [6, 6.07) is 16.5. The molecule has 1 atom stereocenters. The van der Waals surface area contributed by atoms with E-state index in [1.807, 2.05) is 50.2 Å². The average Bonchev–Trinajstić information content (AvgIpc) is 3.23. The van der Waals surface area contributed by atoms with Crippen LogP contribution >= 0.6 is 0 Å². The van der Waals surface area contributed by atoms with Crippen LogP contribution in [0.2, 0.25) is 0 Å². The first-order valence-corrected chi connectivity index (χ1v) is 10.3. The van der Waals surface area contributed by atoms with Gasteiger partial charge in [-0.15, -0.1) is 0 Å². The number of nitrogens with zero attached hydrogens (tertiary/aromatic N) is 1. The minimum atomic E-state index is -0.519. The second kappa shape index (κ2) is 8.19. The fraction of sp³-hybridized carbons (Fsp3) is 0.280. The highest BCUT2D eigenvalue weighted by molar-refractivity contribution is 6.05. The second-order valence-corrected chi connectivity index (χ2v) is 7.99. The predicted octanol–water partition coefficient (Wildman–Crippen LogP) is 4.08. The highest BCUT2D eigenvalue weighted by atomic mass is 16.3. The lowest BCUT2D eigenvalue weighted by Crippen LogP contribution is -2.45. The van der Waals surface area contributed by atoms with Crippen molar-refractivity contribution < 1.29 is 14.7 Å². The maximum Gasteiger partial charge on any atom is 0.258 e. The van der Waals surface area contributed by atoms with E-state index in [0.717, 1.165) is 22.9 Å². The number of aromatic hydroxyl groups is 1. The monoisotopic (exact) mass is 402 g/mol. The highest BCUT2D eigenvalue weighted by Crippen LogP contribution is 2.31. The van der Waals surface area contributed by atoms with Crippen LogP contribution in [0.1, 0.15) is 39.9 Å². The van der Waals surface area contributed by atoms with Gasteiger partial charge in [0.1, 0.15) is 11.8 Å². The lowest BCUT2D eigenvalue weighted by atomic mass is 10.0. The van der Waals surface area contributed by atoms with Crippen molar-refractivity contribution in [3.05, 3.63) is 76.9 Å². The molecule has 0 bridgehead atoms. The first kappa shape index (κ1) is 20.0. The van der Waals surface area contributed by atoms with Crippen LogP contribution in [0.5, 0.6) is 5.75 Å². The zero-order valence-corrected chi connectivity index (χ0v) is 17.3. The largest absolute Gasteiger partial charge is 0.506 e. The number of rotatable bonds is 4. The quantitative estimate of drug-likeness (QED) is 0.691. The van der Waals surface area contributed by atoms with Gasteiger partial charge >= 0.3 is 0 Å². The number of nitrogens with one attached hydrogen (secondary N) is 1. The zero-order valence-electron chi connectivity index (χ0n) is 17.3. The molecule has 1 unspecified atom stereocenters. The molecule has 1 aliphatic heterocycles. The van der Waals surface area contributed by atoms with Crippen LogP contribution in [0.3, 0.4) is 0 Å². The van der Waals surface area contributed by atoms with Gasteiger partial charge < -0.3 is 15.3 Å². The zero-order chi connectivity index (χ0) is 21.3. The molecule has 0 aromatic heterocycles. The van der Waals surface area contributed by atoms with Gasteiger partial charge in [0.25, 0.3) is 5.91 Å². The van der Waals surface area contributed by atoms with E-state index in [1.54, 1.807) is 17.0 Å². The van der Waals surface area contributed by atoms with Gasteiger partial charge in [-0.2, -0.15) is 0 Å². The molecular formula is C25H26N2O3. The van der Waals surface area contributed by atoms with Crippen molar-refractivity contribution in [3.8, 4) is 5.75 Å². The Bertz CT molecular complexity index is 1120. The van der Waals surface area contributed by atoms with Crippen LogP contribution in [-0.4, -0.2) is 34.4 Å². The molecule has 0 radical (unpaired) electrons. The summed E-state index contributed by atoms with van der Waals surface area (Å²) >= 11 is 0. The first-order valence-electron chi connectivity index (χ1n) is 10.3. The predicted molar refractivity (Wildman–Crippen MR) is 117 cm³/mol. The Morgan fingerprint density at radius 2 is 1.90 bits per heavy atom. The molecule has 2 N–H and O–H groups in total. The third-order valence-corrected chi connectivity index (χ3v) is 5.90. The van der Waals surface area contributed by atoms with Gasteiger partial charge in [0.2, 0.25) is 5.91 Å². The molecule has 4 rings (SSSR count). The van der Waals surface area contributed by atoms with E-state index in [1.165, 1.54) is 5.56 Å². The van der Waals surface area contributed by atoms with Gasteiger partial charge in [-0.1, -0.05) is 54.1 Å². The summed E-state index contributed by atoms with van der Waals surface area (Å²) in [6.07, 6.45) is 1.39. The molecule has 2 amide bonds. The number of phenolic OH excluding ortho intramolecular Hbond substituents is 1. The maximum absolute atomic E-state index is 13.2. The summed E-state index contributed by atoms with van der Waals surface area (Å²) in [5, 5.41) is 15.2. The number of amides is 2. The number of phenols is 1. The Morgan fingerprint density at radius 1 is 1.10 bits per heavy atom. The molecule has 1 saturated heterocycles. The molecule has 0 spiro atoms. The summed E-state index contributed by atoms with van der Waals surface area (Å²) in [6.45, 7) is 5.01. The van der Waals surface area contributed by atoms with Gasteiger partial charge in [-0.3, -0.25) is 9.59 Å². The van der Waals surface area contributed by atoms with Crippen molar-refractivity contribution in [2.75, 3.05) is 6.54 Å². The van der Waals surface area contributed by atoms with Crippen LogP contribution in [-0.2, 0) is 11.3 Å². The van der Waals surface area contributed by atoms with Crippen molar-refractivity contribution in [2.45, 2.75) is 39.3 Å². The van der Waals surface area contributed by atoms with Crippen LogP contribution < -0.4 is 5.32 Å². The average molecular weight is 402 g/mol. The van der Waals surface area contributed by atoms with E-state index in [4.69, 9.17) is 0 Å². The SMILES string of the molecule is Cc1ccc(CNC(=O)C2CCCN2C(=O)c2ccc3ccccc3c2O)c(C)c1. The standard InChI is InChI=1S/C25H26N2O3/c1-16-9-10-19(17(2)14-16)15-26-24(29)22-8-5-13-27(22)25(30)21-12-11-18-6-3-4-7-20(18)23(21)28/h3-4,6-7,9-12,14,22,28H,5,8,13,15H2,1-2H3,(H,26,29). The van der Waals surface area contributed by atoms with E-state index < -0.39 is 6.04 Å². The summed E-state index contributed by atoms with van der Waals surface area (Å²) < 4.78 is 0. The van der Waals surface area contributed by atoms with Crippen molar-refractivity contribution in [1.82, 2.24) is 10.2 Å². The van der Waals surface area contributed by atoms with Crippen molar-refractivity contribution in [1.29, 1.82) is 0 Å².